The van der Waals surface area contributed by atoms with E-state index < -0.39 is 33.4 Å². The molecule has 0 aromatic heterocycles. The van der Waals surface area contributed by atoms with Gasteiger partial charge in [-0.25, -0.2) is 21.6 Å². The highest BCUT2D eigenvalue weighted by atomic mass is 35.5. The molecule has 1 amide bonds. The zero-order valence-electron chi connectivity index (χ0n) is 14.1. The Kier molecular flexibility index (Phi) is 5.90. The molecule has 0 radical (unpaired) electrons. The van der Waals surface area contributed by atoms with Crippen LogP contribution in [0.15, 0.2) is 35.2 Å². The molecule has 0 bridgehead atoms. The Morgan fingerprint density at radius 1 is 0.857 bits per heavy atom. The molecule has 1 saturated heterocycles. The van der Waals surface area contributed by atoms with Crippen LogP contribution in [-0.2, 0) is 10.0 Å². The van der Waals surface area contributed by atoms with Crippen LogP contribution >= 0.6 is 23.2 Å². The van der Waals surface area contributed by atoms with E-state index >= 15 is 0 Å². The number of halogens is 5. The lowest BCUT2D eigenvalue weighted by Gasteiger charge is -2.34. The van der Waals surface area contributed by atoms with Crippen LogP contribution in [0, 0.1) is 17.5 Å². The van der Waals surface area contributed by atoms with Gasteiger partial charge in [-0.15, -0.1) is 0 Å². The molecule has 0 spiro atoms. The third-order valence-electron chi connectivity index (χ3n) is 4.30. The van der Waals surface area contributed by atoms with Crippen LogP contribution in [0.3, 0.4) is 0 Å². The topological polar surface area (TPSA) is 57.7 Å². The SMILES string of the molecule is O=C(c1cc(F)c(F)cc1Cl)N1CCN(S(=O)(=O)c2ccc(F)c(Cl)c2)CC1. The number of sulfonamides is 1. The van der Waals surface area contributed by atoms with Gasteiger partial charge in [0.2, 0.25) is 10.0 Å². The van der Waals surface area contributed by atoms with Crippen molar-refractivity contribution in [1.82, 2.24) is 9.21 Å². The van der Waals surface area contributed by atoms with Crippen molar-refractivity contribution in [3.63, 3.8) is 0 Å². The van der Waals surface area contributed by atoms with Gasteiger partial charge >= 0.3 is 0 Å². The molecule has 2 aromatic rings. The van der Waals surface area contributed by atoms with Gasteiger partial charge in [0.1, 0.15) is 5.82 Å². The lowest BCUT2D eigenvalue weighted by molar-refractivity contribution is 0.0697. The molecule has 150 valence electrons. The van der Waals surface area contributed by atoms with Crippen molar-refractivity contribution in [2.24, 2.45) is 0 Å². The van der Waals surface area contributed by atoms with Gasteiger partial charge in [0.25, 0.3) is 5.91 Å². The minimum atomic E-state index is -3.93. The second-order valence-corrected chi connectivity index (χ2v) is 8.77. The van der Waals surface area contributed by atoms with Crippen molar-refractivity contribution >= 4 is 39.1 Å². The molecule has 0 aliphatic carbocycles. The van der Waals surface area contributed by atoms with Crippen molar-refractivity contribution in [2.45, 2.75) is 4.90 Å². The maximum atomic E-state index is 13.4. The molecule has 3 rings (SSSR count). The number of piperazine rings is 1. The van der Waals surface area contributed by atoms with Crippen LogP contribution in [0.5, 0.6) is 0 Å². The molecule has 11 heteroatoms. The number of carbonyl (C=O) groups is 1. The fraction of sp³-hybridized carbons (Fsp3) is 0.235. The normalized spacial score (nSPS) is 15.7. The standard InChI is InChI=1S/C17H13Cl2F3N2O3S/c18-12-9-16(22)15(21)8-11(12)17(25)23-3-5-24(6-4-23)28(26,27)10-1-2-14(20)13(19)7-10/h1-2,7-9H,3-6H2. The molecule has 0 N–H and O–H groups in total. The Hall–Kier alpha value is -1.81. The fourth-order valence-corrected chi connectivity index (χ4v) is 4.70. The summed E-state index contributed by atoms with van der Waals surface area (Å²) in [7, 11) is -3.93. The first-order valence-corrected chi connectivity index (χ1v) is 10.2. The number of nitrogens with zero attached hydrogens (tertiary/aromatic N) is 2. The number of benzene rings is 2. The maximum absolute atomic E-state index is 13.4. The molecule has 28 heavy (non-hydrogen) atoms. The van der Waals surface area contributed by atoms with E-state index in [1.54, 1.807) is 0 Å². The summed E-state index contributed by atoms with van der Waals surface area (Å²) >= 11 is 11.5. The molecule has 0 saturated carbocycles. The predicted molar refractivity (Wildman–Crippen MR) is 97.4 cm³/mol. The van der Waals surface area contributed by atoms with E-state index in [9.17, 15) is 26.4 Å². The van der Waals surface area contributed by atoms with Gasteiger partial charge in [0.05, 0.1) is 20.5 Å². The minimum Gasteiger partial charge on any atom is -0.336 e. The molecule has 2 aromatic carbocycles. The van der Waals surface area contributed by atoms with Crippen molar-refractivity contribution < 1.29 is 26.4 Å². The quantitative estimate of drug-likeness (QED) is 0.669. The first kappa shape index (κ1) is 20.9. The van der Waals surface area contributed by atoms with E-state index in [-0.39, 0.29) is 46.7 Å². The average molecular weight is 453 g/mol. The number of hydrogen-bond acceptors (Lipinski definition) is 3. The van der Waals surface area contributed by atoms with Gasteiger partial charge in [0, 0.05) is 26.2 Å². The van der Waals surface area contributed by atoms with E-state index in [2.05, 4.69) is 0 Å². The summed E-state index contributed by atoms with van der Waals surface area (Å²) in [5.74, 6) is -3.75. The van der Waals surface area contributed by atoms with Crippen LogP contribution in [0.1, 0.15) is 10.4 Å². The van der Waals surface area contributed by atoms with E-state index in [1.165, 1.54) is 4.90 Å². The van der Waals surface area contributed by atoms with Gasteiger partial charge in [-0.1, -0.05) is 23.2 Å². The Bertz CT molecular complexity index is 1040. The first-order valence-electron chi connectivity index (χ1n) is 8.00. The van der Waals surface area contributed by atoms with Gasteiger partial charge in [-0.3, -0.25) is 4.79 Å². The number of hydrogen-bond donors (Lipinski definition) is 0. The smallest absolute Gasteiger partial charge is 0.255 e. The maximum Gasteiger partial charge on any atom is 0.255 e. The Balaban J connectivity index is 1.74. The summed E-state index contributed by atoms with van der Waals surface area (Å²) in [4.78, 5) is 13.6. The fourth-order valence-electron chi connectivity index (χ4n) is 2.77. The van der Waals surface area contributed by atoms with E-state index in [1.807, 2.05) is 0 Å². The van der Waals surface area contributed by atoms with Crippen LogP contribution in [0.25, 0.3) is 0 Å². The molecular formula is C17H13Cl2F3N2O3S. The summed E-state index contributed by atoms with van der Waals surface area (Å²) in [6, 6.07) is 4.51. The van der Waals surface area contributed by atoms with Gasteiger partial charge < -0.3 is 4.90 Å². The molecule has 1 aliphatic rings. The van der Waals surface area contributed by atoms with Crippen LogP contribution in [0.4, 0.5) is 13.2 Å². The van der Waals surface area contributed by atoms with Crippen molar-refractivity contribution in [3.8, 4) is 0 Å². The summed E-state index contributed by atoms with van der Waals surface area (Å²) in [6.45, 7) is -0.0423. The zero-order chi connectivity index (χ0) is 20.6. The molecule has 0 unspecified atom stereocenters. The molecule has 1 heterocycles. The van der Waals surface area contributed by atoms with Gasteiger partial charge in [0.15, 0.2) is 11.6 Å². The largest absolute Gasteiger partial charge is 0.336 e. The lowest BCUT2D eigenvalue weighted by Crippen LogP contribution is -2.50. The van der Waals surface area contributed by atoms with Gasteiger partial charge in [-0.2, -0.15) is 4.31 Å². The Morgan fingerprint density at radius 2 is 1.46 bits per heavy atom. The molecule has 0 atom stereocenters. The molecular weight excluding hydrogens is 440 g/mol. The number of rotatable bonds is 3. The van der Waals surface area contributed by atoms with Crippen LogP contribution < -0.4 is 0 Å². The second-order valence-electron chi connectivity index (χ2n) is 6.02. The van der Waals surface area contributed by atoms with Crippen molar-refractivity contribution in [2.75, 3.05) is 26.2 Å². The lowest BCUT2D eigenvalue weighted by atomic mass is 10.1. The average Bonchev–Trinajstić information content (AvgIpc) is 2.66. The van der Waals surface area contributed by atoms with E-state index in [4.69, 9.17) is 23.2 Å². The summed E-state index contributed by atoms with van der Waals surface area (Å²) in [6.07, 6.45) is 0. The highest BCUT2D eigenvalue weighted by Crippen LogP contribution is 2.25. The third-order valence-corrected chi connectivity index (χ3v) is 6.79. The molecule has 5 nitrogen and oxygen atoms in total. The highest BCUT2D eigenvalue weighted by Gasteiger charge is 2.31. The minimum absolute atomic E-state index is 0.0162. The third kappa shape index (κ3) is 3.98. The Labute approximate surface area is 169 Å². The molecule has 1 aliphatic heterocycles. The Morgan fingerprint density at radius 3 is 2.07 bits per heavy atom. The highest BCUT2D eigenvalue weighted by molar-refractivity contribution is 7.89. The van der Waals surface area contributed by atoms with Gasteiger partial charge in [-0.05, 0) is 30.3 Å². The van der Waals surface area contributed by atoms with E-state index in [0.717, 1.165) is 22.5 Å². The number of amides is 1. The summed E-state index contributed by atoms with van der Waals surface area (Å²) < 4.78 is 66.3. The molecule has 1 fully saturated rings. The monoisotopic (exact) mass is 452 g/mol. The van der Waals surface area contributed by atoms with Crippen LogP contribution in [0.2, 0.25) is 10.0 Å². The number of carbonyl (C=O) groups excluding carboxylic acids is 1. The summed E-state index contributed by atoms with van der Waals surface area (Å²) in [5, 5.41) is -0.553. The predicted octanol–water partition coefficient (Wildman–Crippen LogP) is 3.56. The van der Waals surface area contributed by atoms with Crippen LogP contribution in [-0.4, -0.2) is 49.7 Å². The second kappa shape index (κ2) is 7.90. The van der Waals surface area contributed by atoms with Crippen molar-refractivity contribution in [1.29, 1.82) is 0 Å². The van der Waals surface area contributed by atoms with E-state index in [0.29, 0.717) is 12.1 Å². The zero-order valence-corrected chi connectivity index (χ0v) is 16.5. The summed E-state index contributed by atoms with van der Waals surface area (Å²) in [5.41, 5.74) is -0.206. The first-order chi connectivity index (χ1) is 13.1. The van der Waals surface area contributed by atoms with Crippen molar-refractivity contribution in [3.05, 3.63) is 63.4 Å².